The first-order valence-corrected chi connectivity index (χ1v) is 6.13. The molecule has 0 saturated carbocycles. The summed E-state index contributed by atoms with van der Waals surface area (Å²) < 4.78 is 0.958. The molecular weight excluding hydrogens is 257 g/mol. The molecule has 1 radical (unpaired) electrons. The second kappa shape index (κ2) is 6.07. The van der Waals surface area contributed by atoms with E-state index in [0.29, 0.717) is 0 Å². The first-order valence-electron chi connectivity index (χ1n) is 4.29. The van der Waals surface area contributed by atoms with Crippen LogP contribution in [0.5, 0.6) is 0 Å². The number of aliphatic imine (C=N–C) groups is 1. The maximum atomic E-state index is 4.47. The molecule has 0 aliphatic rings. The van der Waals surface area contributed by atoms with E-state index in [4.69, 9.17) is 0 Å². The van der Waals surface area contributed by atoms with Crippen molar-refractivity contribution in [1.82, 2.24) is 0 Å². The monoisotopic (exact) mass is 270 g/mol. The van der Waals surface area contributed by atoms with E-state index in [1.165, 1.54) is 5.56 Å². The number of hydrogen-bond donors (Lipinski definition) is 0. The Morgan fingerprint density at radius 2 is 2.29 bits per heavy atom. The van der Waals surface area contributed by atoms with Gasteiger partial charge in [-0.25, -0.2) is 0 Å². The van der Waals surface area contributed by atoms with Crippen LogP contribution in [0.15, 0.2) is 41.9 Å². The molecular formula is C11H12NSSe. The van der Waals surface area contributed by atoms with Crippen molar-refractivity contribution >= 4 is 37.4 Å². The van der Waals surface area contributed by atoms with E-state index in [1.807, 2.05) is 24.3 Å². The SMILES string of the molecule is C=CCSC([Se])=Nc1ccccc1C. The third kappa shape index (κ3) is 3.70. The Hall–Kier alpha value is -0.501. The van der Waals surface area contributed by atoms with Crippen molar-refractivity contribution in [1.29, 1.82) is 0 Å². The van der Waals surface area contributed by atoms with Crippen molar-refractivity contribution in [2.45, 2.75) is 6.92 Å². The molecule has 0 aliphatic carbocycles. The van der Waals surface area contributed by atoms with E-state index in [9.17, 15) is 0 Å². The van der Waals surface area contributed by atoms with Gasteiger partial charge in [0, 0.05) is 0 Å². The van der Waals surface area contributed by atoms with Gasteiger partial charge < -0.3 is 0 Å². The van der Waals surface area contributed by atoms with Gasteiger partial charge in [-0.15, -0.1) is 0 Å². The molecule has 0 amide bonds. The van der Waals surface area contributed by atoms with Crippen molar-refractivity contribution in [2.24, 2.45) is 4.99 Å². The topological polar surface area (TPSA) is 12.4 Å². The number of hydrogen-bond acceptors (Lipinski definition) is 2. The van der Waals surface area contributed by atoms with E-state index in [2.05, 4.69) is 40.6 Å². The van der Waals surface area contributed by atoms with Gasteiger partial charge in [0.2, 0.25) is 0 Å². The molecule has 0 aromatic heterocycles. The Kier molecular flexibility index (Phi) is 5.02. The molecule has 0 fully saturated rings. The van der Waals surface area contributed by atoms with Crippen molar-refractivity contribution in [2.75, 3.05) is 5.75 Å². The van der Waals surface area contributed by atoms with Crippen LogP contribution in [0.4, 0.5) is 5.69 Å². The fraction of sp³-hybridized carbons (Fsp3) is 0.182. The van der Waals surface area contributed by atoms with Crippen LogP contribution in [0.2, 0.25) is 0 Å². The first-order chi connectivity index (χ1) is 6.74. The molecule has 0 spiro atoms. The van der Waals surface area contributed by atoms with Crippen LogP contribution in [-0.2, 0) is 0 Å². The number of rotatable bonds is 3. The zero-order valence-corrected chi connectivity index (χ0v) is 10.6. The Morgan fingerprint density at radius 3 is 2.93 bits per heavy atom. The summed E-state index contributed by atoms with van der Waals surface area (Å²) in [5, 5.41) is 0. The molecule has 0 bridgehead atoms. The average Bonchev–Trinajstić information content (AvgIpc) is 2.18. The number of aryl methyl sites for hydroxylation is 1. The van der Waals surface area contributed by atoms with Gasteiger partial charge in [0.05, 0.1) is 0 Å². The molecule has 3 heteroatoms. The van der Waals surface area contributed by atoms with Crippen molar-refractivity contribution in [3.63, 3.8) is 0 Å². The van der Waals surface area contributed by atoms with E-state index >= 15 is 0 Å². The number of thioether (sulfide) groups is 1. The van der Waals surface area contributed by atoms with Crippen LogP contribution >= 0.6 is 11.8 Å². The quantitative estimate of drug-likeness (QED) is 0.355. The third-order valence-corrected chi connectivity index (χ3v) is 3.33. The summed E-state index contributed by atoms with van der Waals surface area (Å²) in [5.41, 5.74) is 2.22. The van der Waals surface area contributed by atoms with Gasteiger partial charge in [0.25, 0.3) is 0 Å². The number of benzene rings is 1. The summed E-state index contributed by atoms with van der Waals surface area (Å²) in [6.45, 7) is 5.73. The normalized spacial score (nSPS) is 11.4. The molecule has 0 aliphatic heterocycles. The maximum absolute atomic E-state index is 4.47. The van der Waals surface area contributed by atoms with E-state index in [0.717, 1.165) is 15.4 Å². The molecule has 0 heterocycles. The molecule has 0 N–H and O–H groups in total. The van der Waals surface area contributed by atoms with E-state index < -0.39 is 0 Å². The van der Waals surface area contributed by atoms with Crippen molar-refractivity contribution < 1.29 is 0 Å². The minimum atomic E-state index is 0.887. The molecule has 0 atom stereocenters. The molecule has 73 valence electrons. The van der Waals surface area contributed by atoms with Crippen LogP contribution in [0.25, 0.3) is 0 Å². The van der Waals surface area contributed by atoms with Crippen LogP contribution < -0.4 is 0 Å². The van der Waals surface area contributed by atoms with Crippen LogP contribution in [0.1, 0.15) is 5.56 Å². The van der Waals surface area contributed by atoms with Gasteiger partial charge in [0.15, 0.2) is 0 Å². The van der Waals surface area contributed by atoms with Crippen molar-refractivity contribution in [3.8, 4) is 0 Å². The minimum absolute atomic E-state index is 0.887. The van der Waals surface area contributed by atoms with Gasteiger partial charge in [-0.2, -0.15) is 0 Å². The Balaban J connectivity index is 2.75. The molecule has 1 nitrogen and oxygen atoms in total. The standard InChI is InChI=1S/C11H12NSSe/c1-3-8-13-11(14)12-10-7-5-4-6-9(10)2/h3-7H,1,8H2,2H3. The van der Waals surface area contributed by atoms with E-state index in [1.54, 1.807) is 11.8 Å². The Bertz CT molecular complexity index is 347. The predicted octanol–water partition coefficient (Wildman–Crippen LogP) is 3.07. The summed E-state index contributed by atoms with van der Waals surface area (Å²) in [6.07, 6.45) is 1.87. The fourth-order valence-electron chi connectivity index (χ4n) is 0.950. The first kappa shape index (κ1) is 11.6. The fourth-order valence-corrected chi connectivity index (χ4v) is 2.01. The molecule has 0 saturated heterocycles. The van der Waals surface area contributed by atoms with Crippen LogP contribution in [-0.4, -0.2) is 25.7 Å². The summed E-state index contributed by atoms with van der Waals surface area (Å²) in [6, 6.07) is 8.09. The van der Waals surface area contributed by atoms with Gasteiger partial charge in [0.1, 0.15) is 0 Å². The van der Waals surface area contributed by atoms with Gasteiger partial charge in [-0.3, -0.25) is 0 Å². The Labute approximate surface area is 97.5 Å². The summed E-state index contributed by atoms with van der Waals surface area (Å²) in [7, 11) is 0. The van der Waals surface area contributed by atoms with Gasteiger partial charge >= 0.3 is 97.6 Å². The zero-order chi connectivity index (χ0) is 10.4. The molecule has 14 heavy (non-hydrogen) atoms. The van der Waals surface area contributed by atoms with Crippen LogP contribution in [0.3, 0.4) is 0 Å². The average molecular weight is 269 g/mol. The molecule has 1 aromatic carbocycles. The second-order valence-corrected chi connectivity index (χ2v) is 5.17. The third-order valence-electron chi connectivity index (χ3n) is 1.65. The second-order valence-electron chi connectivity index (χ2n) is 2.76. The summed E-state index contributed by atoms with van der Waals surface area (Å²) in [4.78, 5) is 4.47. The van der Waals surface area contributed by atoms with Gasteiger partial charge in [-0.05, 0) is 0 Å². The number of nitrogens with zero attached hydrogens (tertiary/aromatic N) is 1. The van der Waals surface area contributed by atoms with Gasteiger partial charge in [-0.1, -0.05) is 0 Å². The molecule has 1 aromatic rings. The Morgan fingerprint density at radius 1 is 1.57 bits per heavy atom. The van der Waals surface area contributed by atoms with Crippen molar-refractivity contribution in [3.05, 3.63) is 42.5 Å². The number of para-hydroxylation sites is 1. The van der Waals surface area contributed by atoms with Crippen LogP contribution in [0, 0.1) is 6.92 Å². The summed E-state index contributed by atoms with van der Waals surface area (Å²) >= 11 is 4.61. The predicted molar refractivity (Wildman–Crippen MR) is 66.7 cm³/mol. The van der Waals surface area contributed by atoms with E-state index in [-0.39, 0.29) is 0 Å². The molecule has 1 rings (SSSR count). The zero-order valence-electron chi connectivity index (χ0n) is 8.06. The summed E-state index contributed by atoms with van der Waals surface area (Å²) in [5.74, 6) is 0.887. The molecule has 0 unspecified atom stereocenters.